The molecule has 0 N–H and O–H groups in total. The lowest BCUT2D eigenvalue weighted by atomic mass is 9.94. The van der Waals surface area contributed by atoms with Crippen LogP contribution in [0.15, 0.2) is 17.0 Å². The summed E-state index contributed by atoms with van der Waals surface area (Å²) in [5.41, 5.74) is 2.85. The summed E-state index contributed by atoms with van der Waals surface area (Å²) >= 11 is 0. The molecule has 0 amide bonds. The second-order valence-electron chi connectivity index (χ2n) is 8.58. The number of hydrogen-bond donors (Lipinski definition) is 0. The smallest absolute Gasteiger partial charge is 0.243 e. The van der Waals surface area contributed by atoms with Gasteiger partial charge in [-0.05, 0) is 76.0 Å². The molecule has 2 heterocycles. The fourth-order valence-electron chi connectivity index (χ4n) is 4.85. The Hall–Kier alpha value is -0.910. The van der Waals surface area contributed by atoms with Crippen LogP contribution in [0.3, 0.4) is 0 Å². The van der Waals surface area contributed by atoms with Gasteiger partial charge in [-0.2, -0.15) is 4.31 Å². The minimum Gasteiger partial charge on any atom is -0.303 e. The van der Waals surface area contributed by atoms with Gasteiger partial charge in [0.05, 0.1) is 4.90 Å². The van der Waals surface area contributed by atoms with E-state index in [4.69, 9.17) is 0 Å². The molecule has 3 rings (SSSR count). The lowest BCUT2D eigenvalue weighted by molar-refractivity contribution is 0.136. The zero-order valence-corrected chi connectivity index (χ0v) is 17.6. The molecule has 26 heavy (non-hydrogen) atoms. The van der Waals surface area contributed by atoms with Crippen LogP contribution >= 0.6 is 0 Å². The number of benzene rings is 1. The summed E-state index contributed by atoms with van der Waals surface area (Å²) in [5.74, 6) is 1.43. The summed E-state index contributed by atoms with van der Waals surface area (Å²) < 4.78 is 28.1. The van der Waals surface area contributed by atoms with E-state index in [-0.39, 0.29) is 0 Å². The molecule has 0 bridgehead atoms. The van der Waals surface area contributed by atoms with E-state index in [0.29, 0.717) is 23.9 Å². The number of aryl methyl sites for hydroxylation is 3. The molecule has 1 unspecified atom stereocenters. The third-order valence-electron chi connectivity index (χ3n) is 6.03. The van der Waals surface area contributed by atoms with Crippen molar-refractivity contribution in [3.8, 4) is 0 Å². The number of rotatable bonds is 4. The Morgan fingerprint density at radius 3 is 2.19 bits per heavy atom. The summed E-state index contributed by atoms with van der Waals surface area (Å²) in [6.07, 6.45) is 4.62. The minimum atomic E-state index is -3.39. The number of likely N-dealkylation sites (tertiary alicyclic amines) is 1. The maximum Gasteiger partial charge on any atom is 0.243 e. The fourth-order valence-corrected chi connectivity index (χ4v) is 6.73. The molecule has 0 saturated carbocycles. The van der Waals surface area contributed by atoms with Crippen LogP contribution in [0.2, 0.25) is 0 Å². The van der Waals surface area contributed by atoms with Crippen molar-refractivity contribution in [1.29, 1.82) is 0 Å². The van der Waals surface area contributed by atoms with Gasteiger partial charge in [0.2, 0.25) is 10.0 Å². The van der Waals surface area contributed by atoms with Crippen molar-refractivity contribution in [2.75, 3.05) is 32.7 Å². The third-order valence-corrected chi connectivity index (χ3v) is 8.24. The first-order valence-corrected chi connectivity index (χ1v) is 11.5. The van der Waals surface area contributed by atoms with Gasteiger partial charge >= 0.3 is 0 Å². The van der Waals surface area contributed by atoms with Gasteiger partial charge in [-0.1, -0.05) is 24.6 Å². The van der Waals surface area contributed by atoms with Crippen molar-refractivity contribution in [3.05, 3.63) is 28.8 Å². The SMILES string of the molecule is Cc1cc(C)c(S(=O)(=O)N2CCC(CN3CCCC(C)C3)CC2)c(C)c1. The lowest BCUT2D eigenvalue weighted by Crippen LogP contribution is -2.43. The van der Waals surface area contributed by atoms with Gasteiger partial charge in [-0.3, -0.25) is 0 Å². The van der Waals surface area contributed by atoms with Crippen LogP contribution < -0.4 is 0 Å². The van der Waals surface area contributed by atoms with Crippen molar-refractivity contribution in [1.82, 2.24) is 9.21 Å². The third kappa shape index (κ3) is 4.32. The predicted octanol–water partition coefficient (Wildman–Crippen LogP) is 3.74. The standard InChI is InChI=1S/C21H34N2O2S/c1-16-6-5-9-22(14-16)15-20-7-10-23(11-8-20)26(24,25)21-18(3)12-17(2)13-19(21)4/h12-13,16,20H,5-11,14-15H2,1-4H3. The van der Waals surface area contributed by atoms with E-state index >= 15 is 0 Å². The molecule has 1 atom stereocenters. The van der Waals surface area contributed by atoms with E-state index in [2.05, 4.69) is 11.8 Å². The first-order valence-electron chi connectivity index (χ1n) is 10.1. The Balaban J connectivity index is 1.64. The van der Waals surface area contributed by atoms with Gasteiger partial charge in [0.25, 0.3) is 0 Å². The van der Waals surface area contributed by atoms with E-state index in [1.54, 1.807) is 4.31 Å². The molecule has 0 radical (unpaired) electrons. The van der Waals surface area contributed by atoms with E-state index in [0.717, 1.165) is 42.0 Å². The molecule has 1 aromatic rings. The van der Waals surface area contributed by atoms with Crippen molar-refractivity contribution in [3.63, 3.8) is 0 Å². The van der Waals surface area contributed by atoms with Crippen LogP contribution in [0.1, 0.15) is 49.3 Å². The number of hydrogen-bond acceptors (Lipinski definition) is 3. The van der Waals surface area contributed by atoms with Crippen LogP contribution in [-0.2, 0) is 10.0 Å². The topological polar surface area (TPSA) is 40.6 Å². The van der Waals surface area contributed by atoms with Gasteiger partial charge in [0.1, 0.15) is 0 Å². The van der Waals surface area contributed by atoms with Crippen LogP contribution in [0.5, 0.6) is 0 Å². The molecule has 2 aliphatic rings. The highest BCUT2D eigenvalue weighted by Gasteiger charge is 2.32. The van der Waals surface area contributed by atoms with E-state index in [9.17, 15) is 8.42 Å². The Bertz CT molecular complexity index is 713. The van der Waals surface area contributed by atoms with Gasteiger partial charge < -0.3 is 4.90 Å². The van der Waals surface area contributed by atoms with Gasteiger partial charge in [0.15, 0.2) is 0 Å². The lowest BCUT2D eigenvalue weighted by Gasteiger charge is -2.37. The molecule has 2 fully saturated rings. The van der Waals surface area contributed by atoms with Crippen molar-refractivity contribution < 1.29 is 8.42 Å². The monoisotopic (exact) mass is 378 g/mol. The number of piperidine rings is 2. The summed E-state index contributed by atoms with van der Waals surface area (Å²) in [6.45, 7) is 13.1. The van der Waals surface area contributed by atoms with Gasteiger partial charge in [-0.25, -0.2) is 8.42 Å². The molecule has 2 aliphatic heterocycles. The highest BCUT2D eigenvalue weighted by atomic mass is 32.2. The molecule has 0 aliphatic carbocycles. The maximum absolute atomic E-state index is 13.2. The average molecular weight is 379 g/mol. The van der Waals surface area contributed by atoms with Crippen molar-refractivity contribution in [2.45, 2.75) is 58.3 Å². The summed E-state index contributed by atoms with van der Waals surface area (Å²) in [4.78, 5) is 3.11. The minimum absolute atomic E-state index is 0.520. The van der Waals surface area contributed by atoms with Crippen LogP contribution in [0, 0.1) is 32.6 Å². The first-order chi connectivity index (χ1) is 12.3. The maximum atomic E-state index is 13.2. The number of sulfonamides is 1. The second-order valence-corrected chi connectivity index (χ2v) is 10.5. The quantitative estimate of drug-likeness (QED) is 0.801. The predicted molar refractivity (Wildman–Crippen MR) is 107 cm³/mol. The molecule has 5 heteroatoms. The van der Waals surface area contributed by atoms with Crippen LogP contribution in [0.4, 0.5) is 0 Å². The van der Waals surface area contributed by atoms with Crippen LogP contribution in [0.25, 0.3) is 0 Å². The fraction of sp³-hybridized carbons (Fsp3) is 0.714. The first kappa shape index (κ1) is 19.8. The Morgan fingerprint density at radius 2 is 1.62 bits per heavy atom. The molecule has 146 valence electrons. The average Bonchev–Trinajstić information content (AvgIpc) is 2.54. The van der Waals surface area contributed by atoms with E-state index < -0.39 is 10.0 Å². The Kier molecular flexibility index (Phi) is 6.10. The summed E-state index contributed by atoms with van der Waals surface area (Å²) in [6, 6.07) is 3.95. The van der Waals surface area contributed by atoms with E-state index in [1.165, 1.54) is 25.9 Å². The molecular weight excluding hydrogens is 344 g/mol. The Labute approximate surface area is 159 Å². The zero-order valence-electron chi connectivity index (χ0n) is 16.8. The molecule has 1 aromatic carbocycles. The molecule has 0 aromatic heterocycles. The Morgan fingerprint density at radius 1 is 1.00 bits per heavy atom. The van der Waals surface area contributed by atoms with Crippen molar-refractivity contribution in [2.24, 2.45) is 11.8 Å². The highest BCUT2D eigenvalue weighted by Crippen LogP contribution is 2.29. The largest absolute Gasteiger partial charge is 0.303 e. The van der Waals surface area contributed by atoms with E-state index in [1.807, 2.05) is 32.9 Å². The number of nitrogens with zero attached hydrogens (tertiary/aromatic N) is 2. The molecule has 4 nitrogen and oxygen atoms in total. The molecule has 2 saturated heterocycles. The van der Waals surface area contributed by atoms with Gasteiger partial charge in [0, 0.05) is 26.2 Å². The highest BCUT2D eigenvalue weighted by molar-refractivity contribution is 7.89. The normalized spacial score (nSPS) is 24.1. The molecule has 0 spiro atoms. The molecular formula is C21H34N2O2S. The van der Waals surface area contributed by atoms with Gasteiger partial charge in [-0.15, -0.1) is 0 Å². The van der Waals surface area contributed by atoms with Crippen LogP contribution in [-0.4, -0.2) is 50.3 Å². The van der Waals surface area contributed by atoms with Crippen molar-refractivity contribution >= 4 is 10.0 Å². The second kappa shape index (κ2) is 7.99. The summed E-state index contributed by atoms with van der Waals surface area (Å²) in [5, 5.41) is 0. The zero-order chi connectivity index (χ0) is 18.9. The summed E-state index contributed by atoms with van der Waals surface area (Å²) in [7, 11) is -3.39.